The fraction of sp³-hybridized carbons (Fsp3) is 0.273. The van der Waals surface area contributed by atoms with Crippen LogP contribution in [0.2, 0.25) is 0 Å². The van der Waals surface area contributed by atoms with E-state index in [1.165, 1.54) is 23.3 Å². The summed E-state index contributed by atoms with van der Waals surface area (Å²) in [7, 11) is 0. The average molecular weight is 337 g/mol. The van der Waals surface area contributed by atoms with Gasteiger partial charge in [-0.15, -0.1) is 0 Å². The summed E-state index contributed by atoms with van der Waals surface area (Å²) in [6.45, 7) is 4.13. The fourth-order valence-corrected chi connectivity index (χ4v) is 2.92. The molecule has 0 amide bonds. The van der Waals surface area contributed by atoms with Gasteiger partial charge >= 0.3 is 0 Å². The van der Waals surface area contributed by atoms with Crippen LogP contribution in [0.1, 0.15) is 30.9 Å². The van der Waals surface area contributed by atoms with Crippen molar-refractivity contribution in [2.75, 3.05) is 6.54 Å². The zero-order valence-electron chi connectivity index (χ0n) is 14.6. The molecule has 0 aromatic heterocycles. The molecule has 0 fully saturated rings. The minimum absolute atomic E-state index is 0.229. The first-order chi connectivity index (χ1) is 12.3. The maximum Gasteiger partial charge on any atom is 0.129 e. The fourth-order valence-electron chi connectivity index (χ4n) is 2.92. The van der Waals surface area contributed by atoms with Crippen molar-refractivity contribution in [3.8, 4) is 5.75 Å². The van der Waals surface area contributed by atoms with Crippen LogP contribution in [-0.2, 0) is 13.2 Å². The van der Waals surface area contributed by atoms with Gasteiger partial charge in [-0.1, -0.05) is 61.9 Å². The predicted octanol–water partition coefficient (Wildman–Crippen LogP) is 5.45. The standard InChI is InChI=1S/C22H24FNO/c1-2-3-14-24-15-20-19-10-6-4-8-17(19)12-13-22(20)25-16-18-9-5-7-11-21(18)23/h4-13,24H,2-3,14-16H2,1H3. The van der Waals surface area contributed by atoms with Crippen molar-refractivity contribution >= 4 is 10.8 Å². The molecule has 3 aromatic rings. The first-order valence-electron chi connectivity index (χ1n) is 8.87. The molecule has 25 heavy (non-hydrogen) atoms. The zero-order chi connectivity index (χ0) is 17.5. The molecular weight excluding hydrogens is 313 g/mol. The van der Waals surface area contributed by atoms with Crippen LogP contribution >= 0.6 is 0 Å². The van der Waals surface area contributed by atoms with Crippen molar-refractivity contribution in [1.82, 2.24) is 5.32 Å². The molecule has 0 bridgehead atoms. The van der Waals surface area contributed by atoms with E-state index in [-0.39, 0.29) is 12.4 Å². The number of unbranched alkanes of at least 4 members (excludes halogenated alkanes) is 1. The van der Waals surface area contributed by atoms with Crippen LogP contribution in [0.5, 0.6) is 5.75 Å². The van der Waals surface area contributed by atoms with E-state index in [9.17, 15) is 4.39 Å². The van der Waals surface area contributed by atoms with Gasteiger partial charge in [-0.2, -0.15) is 0 Å². The number of nitrogens with one attached hydrogen (secondary N) is 1. The van der Waals surface area contributed by atoms with E-state index in [0.717, 1.165) is 30.8 Å². The molecule has 1 N–H and O–H groups in total. The molecule has 0 unspecified atom stereocenters. The molecule has 130 valence electrons. The van der Waals surface area contributed by atoms with E-state index in [2.05, 4.69) is 30.4 Å². The van der Waals surface area contributed by atoms with Crippen LogP contribution in [-0.4, -0.2) is 6.54 Å². The van der Waals surface area contributed by atoms with E-state index >= 15 is 0 Å². The number of ether oxygens (including phenoxy) is 1. The lowest BCUT2D eigenvalue weighted by Gasteiger charge is -2.15. The van der Waals surface area contributed by atoms with Gasteiger partial charge in [0, 0.05) is 17.7 Å². The lowest BCUT2D eigenvalue weighted by atomic mass is 10.0. The molecule has 2 nitrogen and oxygen atoms in total. The monoisotopic (exact) mass is 337 g/mol. The maximum absolute atomic E-state index is 13.8. The molecule has 3 heteroatoms. The van der Waals surface area contributed by atoms with Crippen LogP contribution in [0.25, 0.3) is 10.8 Å². The number of hydrogen-bond donors (Lipinski definition) is 1. The van der Waals surface area contributed by atoms with Gasteiger partial charge in [-0.3, -0.25) is 0 Å². The average Bonchev–Trinajstić information content (AvgIpc) is 2.65. The van der Waals surface area contributed by atoms with Crippen molar-refractivity contribution in [3.05, 3.63) is 77.6 Å². The number of hydrogen-bond acceptors (Lipinski definition) is 2. The molecule has 0 radical (unpaired) electrons. The summed E-state index contributed by atoms with van der Waals surface area (Å²) in [5.74, 6) is 0.580. The largest absolute Gasteiger partial charge is 0.488 e. The van der Waals surface area contributed by atoms with E-state index in [4.69, 9.17) is 4.74 Å². The third-order valence-corrected chi connectivity index (χ3v) is 4.35. The molecule has 0 atom stereocenters. The highest BCUT2D eigenvalue weighted by molar-refractivity contribution is 5.87. The highest BCUT2D eigenvalue weighted by Gasteiger charge is 2.10. The van der Waals surface area contributed by atoms with Crippen LogP contribution < -0.4 is 10.1 Å². The zero-order valence-corrected chi connectivity index (χ0v) is 14.6. The van der Waals surface area contributed by atoms with Crippen LogP contribution in [0.4, 0.5) is 4.39 Å². The van der Waals surface area contributed by atoms with Gasteiger partial charge in [0.1, 0.15) is 18.2 Å². The van der Waals surface area contributed by atoms with E-state index in [1.807, 2.05) is 24.3 Å². The Labute approximate surface area is 148 Å². The van der Waals surface area contributed by atoms with Crippen molar-refractivity contribution < 1.29 is 9.13 Å². The van der Waals surface area contributed by atoms with Gasteiger partial charge in [-0.05, 0) is 35.9 Å². The van der Waals surface area contributed by atoms with E-state index < -0.39 is 0 Å². The predicted molar refractivity (Wildman–Crippen MR) is 101 cm³/mol. The maximum atomic E-state index is 13.8. The van der Waals surface area contributed by atoms with Crippen LogP contribution in [0.15, 0.2) is 60.7 Å². The number of benzene rings is 3. The quantitative estimate of drug-likeness (QED) is 0.552. The Hall–Kier alpha value is -2.39. The molecule has 0 aliphatic heterocycles. The van der Waals surface area contributed by atoms with Crippen molar-refractivity contribution in [3.63, 3.8) is 0 Å². The Bertz CT molecular complexity index is 831. The highest BCUT2D eigenvalue weighted by Crippen LogP contribution is 2.29. The van der Waals surface area contributed by atoms with Gasteiger partial charge in [0.15, 0.2) is 0 Å². The molecule has 3 rings (SSSR count). The smallest absolute Gasteiger partial charge is 0.129 e. The van der Waals surface area contributed by atoms with Gasteiger partial charge in [-0.25, -0.2) is 4.39 Å². The minimum atomic E-state index is -0.231. The lowest BCUT2D eigenvalue weighted by molar-refractivity contribution is 0.296. The highest BCUT2D eigenvalue weighted by atomic mass is 19.1. The van der Waals surface area contributed by atoms with Crippen molar-refractivity contribution in [2.24, 2.45) is 0 Å². The Morgan fingerprint density at radius 3 is 2.60 bits per heavy atom. The minimum Gasteiger partial charge on any atom is -0.488 e. The molecule has 0 saturated carbocycles. The molecule has 0 spiro atoms. The van der Waals surface area contributed by atoms with Crippen LogP contribution in [0.3, 0.4) is 0 Å². The van der Waals surface area contributed by atoms with Gasteiger partial charge in [0.2, 0.25) is 0 Å². The number of rotatable bonds is 8. The second-order valence-electron chi connectivity index (χ2n) is 6.17. The third-order valence-electron chi connectivity index (χ3n) is 4.35. The first kappa shape index (κ1) is 17.4. The van der Waals surface area contributed by atoms with Gasteiger partial charge < -0.3 is 10.1 Å². The van der Waals surface area contributed by atoms with Crippen molar-refractivity contribution in [2.45, 2.75) is 32.9 Å². The Morgan fingerprint density at radius 1 is 0.960 bits per heavy atom. The molecule has 3 aromatic carbocycles. The summed E-state index contributed by atoms with van der Waals surface area (Å²) in [4.78, 5) is 0. The van der Waals surface area contributed by atoms with Gasteiger partial charge in [0.05, 0.1) is 0 Å². The Morgan fingerprint density at radius 2 is 1.76 bits per heavy atom. The van der Waals surface area contributed by atoms with Gasteiger partial charge in [0.25, 0.3) is 0 Å². The van der Waals surface area contributed by atoms with Crippen molar-refractivity contribution in [1.29, 1.82) is 0 Å². The second-order valence-corrected chi connectivity index (χ2v) is 6.17. The second kappa shape index (κ2) is 8.63. The summed E-state index contributed by atoms with van der Waals surface area (Å²) >= 11 is 0. The summed E-state index contributed by atoms with van der Waals surface area (Å²) in [6, 6.07) is 19.1. The molecule has 0 saturated heterocycles. The summed E-state index contributed by atoms with van der Waals surface area (Å²) in [6.07, 6.45) is 2.31. The molecule has 0 aliphatic rings. The Balaban J connectivity index is 1.84. The van der Waals surface area contributed by atoms with Crippen LogP contribution in [0, 0.1) is 5.82 Å². The summed E-state index contributed by atoms with van der Waals surface area (Å²) < 4.78 is 19.8. The summed E-state index contributed by atoms with van der Waals surface area (Å²) in [5, 5.41) is 5.86. The topological polar surface area (TPSA) is 21.3 Å². The molecular formula is C22H24FNO. The van der Waals surface area contributed by atoms with E-state index in [1.54, 1.807) is 12.1 Å². The SMILES string of the molecule is CCCCNCc1c(OCc2ccccc2F)ccc2ccccc12. The molecule has 0 heterocycles. The lowest BCUT2D eigenvalue weighted by Crippen LogP contribution is -2.15. The Kier molecular flexibility index (Phi) is 6.02. The molecule has 0 aliphatic carbocycles. The number of fused-ring (bicyclic) bond motifs is 1. The first-order valence-corrected chi connectivity index (χ1v) is 8.87. The van der Waals surface area contributed by atoms with E-state index in [0.29, 0.717) is 5.56 Å². The normalized spacial score (nSPS) is 11.0. The third kappa shape index (κ3) is 4.37. The summed E-state index contributed by atoms with van der Waals surface area (Å²) in [5.41, 5.74) is 1.70. The number of halogens is 1.